The number of amides is 1. The number of hydrogen-bond donors (Lipinski definition) is 1. The van der Waals surface area contributed by atoms with E-state index in [1.807, 2.05) is 31.3 Å². The molecular weight excluding hydrogens is 356 g/mol. The molecule has 2 rings (SSSR count). The molecule has 4 nitrogen and oxygen atoms in total. The van der Waals surface area contributed by atoms with Crippen LogP contribution in [-0.2, 0) is 4.79 Å². The summed E-state index contributed by atoms with van der Waals surface area (Å²) in [4.78, 5) is 13.8. The summed E-state index contributed by atoms with van der Waals surface area (Å²) in [6, 6.07) is 7.71. The Balaban J connectivity index is 0.00000220. The van der Waals surface area contributed by atoms with Crippen molar-refractivity contribution in [3.8, 4) is 5.75 Å². The SMILES string of the molecule is CN(CCOc1ccc(Br)cc1)C(=O)CC1CCNC1.Cl. The number of carbonyl (C=O) groups excluding carboxylic acids is 1. The molecule has 1 saturated heterocycles. The molecule has 6 heteroatoms. The maximum Gasteiger partial charge on any atom is 0.222 e. The minimum atomic E-state index is 0. The lowest BCUT2D eigenvalue weighted by Crippen LogP contribution is -2.32. The van der Waals surface area contributed by atoms with Crippen LogP contribution < -0.4 is 10.1 Å². The summed E-state index contributed by atoms with van der Waals surface area (Å²) in [5, 5.41) is 3.29. The Morgan fingerprint density at radius 3 is 2.76 bits per heavy atom. The largest absolute Gasteiger partial charge is 0.492 e. The number of hydrogen-bond acceptors (Lipinski definition) is 3. The smallest absolute Gasteiger partial charge is 0.222 e. The number of nitrogens with zero attached hydrogens (tertiary/aromatic N) is 1. The second kappa shape index (κ2) is 9.28. The first-order valence-electron chi connectivity index (χ1n) is 6.98. The van der Waals surface area contributed by atoms with E-state index < -0.39 is 0 Å². The van der Waals surface area contributed by atoms with Crippen molar-refractivity contribution >= 4 is 34.2 Å². The summed E-state index contributed by atoms with van der Waals surface area (Å²) in [6.07, 6.45) is 1.75. The van der Waals surface area contributed by atoms with Gasteiger partial charge < -0.3 is 15.0 Å². The molecule has 0 aliphatic carbocycles. The van der Waals surface area contributed by atoms with Crippen molar-refractivity contribution in [3.05, 3.63) is 28.7 Å². The van der Waals surface area contributed by atoms with E-state index in [4.69, 9.17) is 4.74 Å². The molecule has 0 bridgehead atoms. The van der Waals surface area contributed by atoms with Gasteiger partial charge in [0.25, 0.3) is 0 Å². The fraction of sp³-hybridized carbons (Fsp3) is 0.533. The highest BCUT2D eigenvalue weighted by molar-refractivity contribution is 9.10. The molecule has 0 aromatic heterocycles. The van der Waals surface area contributed by atoms with E-state index in [1.165, 1.54) is 0 Å². The molecule has 1 aromatic rings. The second-order valence-electron chi connectivity index (χ2n) is 5.18. The predicted molar refractivity (Wildman–Crippen MR) is 90.1 cm³/mol. The number of halogens is 2. The van der Waals surface area contributed by atoms with Crippen LogP contribution in [0.4, 0.5) is 0 Å². The zero-order valence-electron chi connectivity index (χ0n) is 12.2. The minimum absolute atomic E-state index is 0. The summed E-state index contributed by atoms with van der Waals surface area (Å²) >= 11 is 3.38. The second-order valence-corrected chi connectivity index (χ2v) is 6.10. The molecule has 1 amide bonds. The number of ether oxygens (including phenoxy) is 1. The van der Waals surface area contributed by atoms with Crippen molar-refractivity contribution in [1.82, 2.24) is 10.2 Å². The normalized spacial score (nSPS) is 17.1. The molecule has 1 atom stereocenters. The highest BCUT2D eigenvalue weighted by Gasteiger charge is 2.19. The Morgan fingerprint density at radius 2 is 2.14 bits per heavy atom. The van der Waals surface area contributed by atoms with Gasteiger partial charge in [0, 0.05) is 17.9 Å². The Labute approximate surface area is 140 Å². The van der Waals surface area contributed by atoms with Crippen molar-refractivity contribution in [2.45, 2.75) is 12.8 Å². The van der Waals surface area contributed by atoms with Gasteiger partial charge in [-0.15, -0.1) is 12.4 Å². The van der Waals surface area contributed by atoms with E-state index in [9.17, 15) is 4.79 Å². The van der Waals surface area contributed by atoms with Gasteiger partial charge >= 0.3 is 0 Å². The van der Waals surface area contributed by atoms with Crippen LogP contribution in [0.2, 0.25) is 0 Å². The number of carbonyl (C=O) groups is 1. The summed E-state index contributed by atoms with van der Waals surface area (Å²) < 4.78 is 6.65. The monoisotopic (exact) mass is 376 g/mol. The third-order valence-corrected chi connectivity index (χ3v) is 4.09. The Kier molecular flexibility index (Phi) is 8.07. The van der Waals surface area contributed by atoms with Crippen LogP contribution in [0.1, 0.15) is 12.8 Å². The first-order chi connectivity index (χ1) is 9.65. The predicted octanol–water partition coefficient (Wildman–Crippen LogP) is 2.71. The van der Waals surface area contributed by atoms with E-state index in [0.717, 1.165) is 29.7 Å². The molecule has 1 heterocycles. The van der Waals surface area contributed by atoms with Crippen LogP contribution in [0.15, 0.2) is 28.7 Å². The summed E-state index contributed by atoms with van der Waals surface area (Å²) in [5.74, 6) is 1.53. The van der Waals surface area contributed by atoms with Crippen molar-refractivity contribution < 1.29 is 9.53 Å². The topological polar surface area (TPSA) is 41.6 Å². The minimum Gasteiger partial charge on any atom is -0.492 e. The van der Waals surface area contributed by atoms with Crippen molar-refractivity contribution in [2.75, 3.05) is 33.3 Å². The molecule has 1 aliphatic rings. The lowest BCUT2D eigenvalue weighted by Gasteiger charge is -2.19. The van der Waals surface area contributed by atoms with Crippen molar-refractivity contribution in [3.63, 3.8) is 0 Å². The Morgan fingerprint density at radius 1 is 1.43 bits per heavy atom. The van der Waals surface area contributed by atoms with Gasteiger partial charge in [-0.3, -0.25) is 4.79 Å². The van der Waals surface area contributed by atoms with Crippen LogP contribution >= 0.6 is 28.3 Å². The van der Waals surface area contributed by atoms with Gasteiger partial charge in [0.2, 0.25) is 5.91 Å². The molecule has 1 aromatic carbocycles. The van der Waals surface area contributed by atoms with Crippen LogP contribution in [0.5, 0.6) is 5.75 Å². The van der Waals surface area contributed by atoms with E-state index in [0.29, 0.717) is 25.5 Å². The van der Waals surface area contributed by atoms with E-state index in [2.05, 4.69) is 21.2 Å². The van der Waals surface area contributed by atoms with Gasteiger partial charge in [0.15, 0.2) is 0 Å². The quantitative estimate of drug-likeness (QED) is 0.829. The third-order valence-electron chi connectivity index (χ3n) is 3.56. The zero-order valence-corrected chi connectivity index (χ0v) is 14.6. The van der Waals surface area contributed by atoms with Crippen LogP contribution in [0.25, 0.3) is 0 Å². The molecule has 1 fully saturated rings. The molecule has 1 N–H and O–H groups in total. The summed E-state index contributed by atoms with van der Waals surface area (Å²) in [7, 11) is 1.84. The third kappa shape index (κ3) is 6.24. The van der Waals surface area contributed by atoms with E-state index >= 15 is 0 Å². The molecule has 0 saturated carbocycles. The highest BCUT2D eigenvalue weighted by Crippen LogP contribution is 2.16. The standard InChI is InChI=1S/C15H21BrN2O2.ClH/c1-18(15(19)10-12-6-7-17-11-12)8-9-20-14-4-2-13(16)3-5-14;/h2-5,12,17H,6-11H2,1H3;1H. The van der Waals surface area contributed by atoms with E-state index in [-0.39, 0.29) is 18.3 Å². The molecular formula is C15H22BrClN2O2. The fourth-order valence-corrected chi connectivity index (χ4v) is 2.51. The van der Waals surface area contributed by atoms with Gasteiger partial charge in [0.05, 0.1) is 6.54 Å². The van der Waals surface area contributed by atoms with E-state index in [1.54, 1.807) is 4.90 Å². The van der Waals surface area contributed by atoms with Gasteiger partial charge in [-0.25, -0.2) is 0 Å². The lowest BCUT2D eigenvalue weighted by molar-refractivity contribution is -0.131. The van der Waals surface area contributed by atoms with Crippen LogP contribution in [0, 0.1) is 5.92 Å². The number of rotatable bonds is 6. The van der Waals surface area contributed by atoms with Gasteiger partial charge in [-0.05, 0) is 49.7 Å². The van der Waals surface area contributed by atoms with Gasteiger partial charge in [0.1, 0.15) is 12.4 Å². The fourth-order valence-electron chi connectivity index (χ4n) is 2.25. The summed E-state index contributed by atoms with van der Waals surface area (Å²) in [5.41, 5.74) is 0. The Bertz CT molecular complexity index is 436. The molecule has 1 aliphatic heterocycles. The van der Waals surface area contributed by atoms with Crippen molar-refractivity contribution in [2.24, 2.45) is 5.92 Å². The zero-order chi connectivity index (χ0) is 14.4. The average Bonchev–Trinajstić information content (AvgIpc) is 2.93. The number of likely N-dealkylation sites (N-methyl/N-ethyl adjacent to an activating group) is 1. The lowest BCUT2D eigenvalue weighted by atomic mass is 10.0. The van der Waals surface area contributed by atoms with Crippen molar-refractivity contribution in [1.29, 1.82) is 0 Å². The maximum absolute atomic E-state index is 12.0. The Hall–Kier alpha value is -0.780. The van der Waals surface area contributed by atoms with Gasteiger partial charge in [-0.1, -0.05) is 15.9 Å². The average molecular weight is 378 g/mol. The van der Waals surface area contributed by atoms with Crippen LogP contribution in [-0.4, -0.2) is 44.1 Å². The number of benzene rings is 1. The summed E-state index contributed by atoms with van der Waals surface area (Å²) in [6.45, 7) is 3.14. The molecule has 21 heavy (non-hydrogen) atoms. The molecule has 0 spiro atoms. The highest BCUT2D eigenvalue weighted by atomic mass is 79.9. The van der Waals surface area contributed by atoms with Crippen LogP contribution in [0.3, 0.4) is 0 Å². The molecule has 118 valence electrons. The first kappa shape index (κ1) is 18.3. The first-order valence-corrected chi connectivity index (χ1v) is 7.77. The maximum atomic E-state index is 12.0. The number of nitrogens with one attached hydrogen (secondary N) is 1. The molecule has 0 radical (unpaired) electrons. The van der Waals surface area contributed by atoms with Gasteiger partial charge in [-0.2, -0.15) is 0 Å². The molecule has 1 unspecified atom stereocenters.